The van der Waals surface area contributed by atoms with Crippen molar-refractivity contribution in [2.75, 3.05) is 6.54 Å². The van der Waals surface area contributed by atoms with Crippen molar-refractivity contribution in [1.82, 2.24) is 5.32 Å². The van der Waals surface area contributed by atoms with Crippen LogP contribution in [0.3, 0.4) is 0 Å². The van der Waals surface area contributed by atoms with Crippen LogP contribution in [0.5, 0.6) is 0 Å². The molecule has 4 nitrogen and oxygen atoms in total. The van der Waals surface area contributed by atoms with E-state index < -0.39 is 29.1 Å². The molecule has 6 heteroatoms. The maximum Gasteiger partial charge on any atom is 0.336 e. The summed E-state index contributed by atoms with van der Waals surface area (Å²) in [5.41, 5.74) is -0.897. The van der Waals surface area contributed by atoms with Crippen molar-refractivity contribution in [2.24, 2.45) is 5.92 Å². The van der Waals surface area contributed by atoms with Crippen LogP contribution in [0.15, 0.2) is 12.1 Å². The molecule has 0 heterocycles. The standard InChI is InChI=1S/C14H15F2NO3/c15-11-6-9(10(14(19)20)7-12(11)16)13(18)17-5-1-2-8-3-4-8/h6-8H,1-5H2,(H,17,18)(H,19,20). The first kappa shape index (κ1) is 14.4. The Kier molecular flexibility index (Phi) is 4.32. The number of nitrogens with one attached hydrogen (secondary N) is 1. The van der Waals surface area contributed by atoms with Gasteiger partial charge in [0, 0.05) is 6.54 Å². The van der Waals surface area contributed by atoms with Gasteiger partial charge in [0.2, 0.25) is 0 Å². The lowest BCUT2D eigenvalue weighted by Gasteiger charge is -2.08. The predicted molar refractivity (Wildman–Crippen MR) is 67.6 cm³/mol. The zero-order valence-electron chi connectivity index (χ0n) is 10.8. The Balaban J connectivity index is 2.03. The molecule has 20 heavy (non-hydrogen) atoms. The van der Waals surface area contributed by atoms with Crippen molar-refractivity contribution in [2.45, 2.75) is 25.7 Å². The van der Waals surface area contributed by atoms with Crippen LogP contribution in [0.2, 0.25) is 0 Å². The minimum Gasteiger partial charge on any atom is -0.478 e. The SMILES string of the molecule is O=C(O)c1cc(F)c(F)cc1C(=O)NCCCC1CC1. The van der Waals surface area contributed by atoms with Gasteiger partial charge in [0.15, 0.2) is 11.6 Å². The highest BCUT2D eigenvalue weighted by Crippen LogP contribution is 2.33. The van der Waals surface area contributed by atoms with E-state index in [0.29, 0.717) is 18.7 Å². The van der Waals surface area contributed by atoms with Crippen LogP contribution in [0.4, 0.5) is 8.78 Å². The first-order valence-corrected chi connectivity index (χ1v) is 6.49. The van der Waals surface area contributed by atoms with Gasteiger partial charge in [-0.1, -0.05) is 12.8 Å². The van der Waals surface area contributed by atoms with Gasteiger partial charge in [0.1, 0.15) is 0 Å². The Bertz CT molecular complexity index is 541. The Morgan fingerprint density at radius 1 is 1.20 bits per heavy atom. The first-order chi connectivity index (χ1) is 9.49. The van der Waals surface area contributed by atoms with Crippen molar-refractivity contribution in [3.05, 3.63) is 34.9 Å². The molecule has 1 aromatic carbocycles. The van der Waals surface area contributed by atoms with E-state index in [1.54, 1.807) is 0 Å². The topological polar surface area (TPSA) is 66.4 Å². The summed E-state index contributed by atoms with van der Waals surface area (Å²) in [5.74, 6) is -3.94. The summed E-state index contributed by atoms with van der Waals surface area (Å²) < 4.78 is 26.2. The summed E-state index contributed by atoms with van der Waals surface area (Å²) >= 11 is 0. The maximum absolute atomic E-state index is 13.1. The third-order valence-corrected chi connectivity index (χ3v) is 3.31. The average Bonchev–Trinajstić information content (AvgIpc) is 3.21. The number of hydrogen-bond donors (Lipinski definition) is 2. The van der Waals surface area contributed by atoms with Crippen molar-refractivity contribution in [3.63, 3.8) is 0 Å². The minimum atomic E-state index is -1.47. The van der Waals surface area contributed by atoms with Crippen LogP contribution in [0, 0.1) is 17.6 Å². The van der Waals surface area contributed by atoms with E-state index in [1.165, 1.54) is 12.8 Å². The van der Waals surface area contributed by atoms with Gasteiger partial charge in [-0.2, -0.15) is 0 Å². The van der Waals surface area contributed by atoms with Gasteiger partial charge in [-0.25, -0.2) is 13.6 Å². The second-order valence-electron chi connectivity index (χ2n) is 4.96. The first-order valence-electron chi connectivity index (χ1n) is 6.49. The third kappa shape index (κ3) is 3.53. The van der Waals surface area contributed by atoms with Crippen molar-refractivity contribution >= 4 is 11.9 Å². The molecule has 0 aliphatic heterocycles. The fourth-order valence-electron chi connectivity index (χ4n) is 2.01. The van der Waals surface area contributed by atoms with Crippen LogP contribution >= 0.6 is 0 Å². The Morgan fingerprint density at radius 2 is 1.80 bits per heavy atom. The van der Waals surface area contributed by atoms with Crippen LogP contribution < -0.4 is 5.32 Å². The van der Waals surface area contributed by atoms with Gasteiger partial charge in [0.25, 0.3) is 5.91 Å². The molecule has 108 valence electrons. The molecule has 1 fully saturated rings. The lowest BCUT2D eigenvalue weighted by Crippen LogP contribution is -2.26. The summed E-state index contributed by atoms with van der Waals surface area (Å²) in [4.78, 5) is 22.8. The van der Waals surface area contributed by atoms with Crippen molar-refractivity contribution in [1.29, 1.82) is 0 Å². The highest BCUT2D eigenvalue weighted by Gasteiger charge is 2.22. The summed E-state index contributed by atoms with van der Waals surface area (Å²) in [6, 6.07) is 1.14. The molecule has 0 saturated heterocycles. The zero-order chi connectivity index (χ0) is 14.7. The molecular weight excluding hydrogens is 268 g/mol. The lowest BCUT2D eigenvalue weighted by atomic mass is 10.1. The summed E-state index contributed by atoms with van der Waals surface area (Å²) in [7, 11) is 0. The number of carboxylic acids is 1. The predicted octanol–water partition coefficient (Wildman–Crippen LogP) is 2.58. The summed E-state index contributed by atoms with van der Waals surface area (Å²) in [6.07, 6.45) is 4.26. The Morgan fingerprint density at radius 3 is 2.35 bits per heavy atom. The quantitative estimate of drug-likeness (QED) is 0.789. The number of amides is 1. The van der Waals surface area contributed by atoms with E-state index in [1.807, 2.05) is 0 Å². The molecule has 1 aliphatic rings. The van der Waals surface area contributed by atoms with Crippen LogP contribution in [-0.2, 0) is 0 Å². The molecular formula is C14H15F2NO3. The molecule has 0 bridgehead atoms. The Hall–Kier alpha value is -1.98. The van der Waals surface area contributed by atoms with Crippen LogP contribution in [0.1, 0.15) is 46.4 Å². The maximum atomic E-state index is 13.1. The smallest absolute Gasteiger partial charge is 0.336 e. The normalized spacial score (nSPS) is 14.1. The van der Waals surface area contributed by atoms with E-state index in [-0.39, 0.29) is 5.56 Å². The fourth-order valence-corrected chi connectivity index (χ4v) is 2.01. The molecule has 0 atom stereocenters. The molecule has 0 spiro atoms. The van der Waals surface area contributed by atoms with E-state index in [9.17, 15) is 18.4 Å². The van der Waals surface area contributed by atoms with E-state index in [0.717, 1.165) is 18.8 Å². The van der Waals surface area contributed by atoms with Gasteiger partial charge in [0.05, 0.1) is 11.1 Å². The van der Waals surface area contributed by atoms with E-state index >= 15 is 0 Å². The number of aromatic carboxylic acids is 1. The second-order valence-corrected chi connectivity index (χ2v) is 4.96. The van der Waals surface area contributed by atoms with Crippen molar-refractivity contribution in [3.8, 4) is 0 Å². The van der Waals surface area contributed by atoms with Crippen molar-refractivity contribution < 1.29 is 23.5 Å². The monoisotopic (exact) mass is 283 g/mol. The lowest BCUT2D eigenvalue weighted by molar-refractivity contribution is 0.0690. The zero-order valence-corrected chi connectivity index (χ0v) is 10.8. The van der Waals surface area contributed by atoms with Gasteiger partial charge >= 0.3 is 5.97 Å². The summed E-state index contributed by atoms with van der Waals surface area (Å²) in [5, 5.41) is 11.4. The molecule has 0 aromatic heterocycles. The number of halogens is 2. The largest absolute Gasteiger partial charge is 0.478 e. The van der Waals surface area contributed by atoms with Gasteiger partial charge in [-0.15, -0.1) is 0 Å². The number of carbonyl (C=O) groups excluding carboxylic acids is 1. The molecule has 0 unspecified atom stereocenters. The number of hydrogen-bond acceptors (Lipinski definition) is 2. The third-order valence-electron chi connectivity index (χ3n) is 3.31. The van der Waals surface area contributed by atoms with Crippen LogP contribution in [-0.4, -0.2) is 23.5 Å². The average molecular weight is 283 g/mol. The highest BCUT2D eigenvalue weighted by atomic mass is 19.2. The minimum absolute atomic E-state index is 0.358. The van der Waals surface area contributed by atoms with Crippen LogP contribution in [0.25, 0.3) is 0 Å². The second kappa shape index (κ2) is 5.98. The molecule has 1 saturated carbocycles. The molecule has 2 N–H and O–H groups in total. The highest BCUT2D eigenvalue weighted by molar-refractivity contribution is 6.04. The molecule has 1 aliphatic carbocycles. The summed E-state index contributed by atoms with van der Waals surface area (Å²) in [6.45, 7) is 0.396. The van der Waals surface area contributed by atoms with Gasteiger partial charge in [-0.05, 0) is 30.9 Å². The van der Waals surface area contributed by atoms with E-state index in [2.05, 4.69) is 5.32 Å². The number of carboxylic acid groups (broad SMARTS) is 1. The Labute approximate surface area is 114 Å². The number of benzene rings is 1. The number of rotatable bonds is 6. The van der Waals surface area contributed by atoms with E-state index in [4.69, 9.17) is 5.11 Å². The molecule has 2 rings (SSSR count). The molecule has 0 radical (unpaired) electrons. The van der Waals surface area contributed by atoms with Gasteiger partial charge < -0.3 is 10.4 Å². The number of carbonyl (C=O) groups is 2. The molecule has 1 aromatic rings. The fraction of sp³-hybridized carbons (Fsp3) is 0.429. The van der Waals surface area contributed by atoms with Gasteiger partial charge in [-0.3, -0.25) is 4.79 Å². The molecule has 1 amide bonds.